The molecule has 7 rings (SSSR count). The third kappa shape index (κ3) is 4.30. The Bertz CT molecular complexity index is 1640. The first-order valence-electron chi connectivity index (χ1n) is 13.6. The SMILES string of the molecule is N#Cc1cccc(N2CC(C(=O)N3CCC(c4nc(-c5ccc6cnn(C7COC7)c6c5)no4)CC3)CC2=O)c1. The van der Waals surface area contributed by atoms with Gasteiger partial charge in [-0.1, -0.05) is 23.4 Å². The summed E-state index contributed by atoms with van der Waals surface area (Å²) in [5.41, 5.74) is 3.03. The van der Waals surface area contributed by atoms with Crippen LogP contribution in [-0.4, -0.2) is 69.5 Å². The summed E-state index contributed by atoms with van der Waals surface area (Å²) >= 11 is 0. The lowest BCUT2D eigenvalue weighted by Gasteiger charge is -2.32. The second-order valence-electron chi connectivity index (χ2n) is 10.7. The maximum Gasteiger partial charge on any atom is 0.230 e. The average Bonchev–Trinajstić information content (AvgIpc) is 3.71. The minimum Gasteiger partial charge on any atom is -0.377 e. The molecule has 2 amide bonds. The maximum atomic E-state index is 13.3. The molecule has 1 unspecified atom stereocenters. The van der Waals surface area contributed by atoms with E-state index in [4.69, 9.17) is 14.2 Å². The lowest BCUT2D eigenvalue weighted by Crippen LogP contribution is -2.42. The first kappa shape index (κ1) is 24.5. The second-order valence-corrected chi connectivity index (χ2v) is 10.7. The van der Waals surface area contributed by atoms with E-state index >= 15 is 0 Å². The van der Waals surface area contributed by atoms with Crippen LogP contribution in [0.1, 0.15) is 42.7 Å². The number of hydrogen-bond donors (Lipinski definition) is 0. The number of hydrogen-bond acceptors (Lipinski definition) is 8. The fourth-order valence-corrected chi connectivity index (χ4v) is 5.82. The number of carbonyl (C=O) groups is 2. The van der Waals surface area contributed by atoms with Crippen molar-refractivity contribution in [1.82, 2.24) is 24.8 Å². The Hall–Kier alpha value is -4.56. The van der Waals surface area contributed by atoms with Gasteiger partial charge in [-0.3, -0.25) is 14.3 Å². The topological polar surface area (TPSA) is 130 Å². The van der Waals surface area contributed by atoms with E-state index in [1.165, 1.54) is 0 Å². The summed E-state index contributed by atoms with van der Waals surface area (Å²) in [6, 6.07) is 15.3. The number of piperidine rings is 1. The van der Waals surface area contributed by atoms with E-state index in [0.29, 0.717) is 55.8 Å². The summed E-state index contributed by atoms with van der Waals surface area (Å²) in [7, 11) is 0. The number of ether oxygens (including phenoxy) is 1. The molecule has 1 atom stereocenters. The largest absolute Gasteiger partial charge is 0.377 e. The van der Waals surface area contributed by atoms with Crippen LogP contribution in [0.5, 0.6) is 0 Å². The van der Waals surface area contributed by atoms with Crippen LogP contribution < -0.4 is 4.90 Å². The fourth-order valence-electron chi connectivity index (χ4n) is 5.82. The molecule has 3 aliphatic rings. The Kier molecular flexibility index (Phi) is 6.04. The van der Waals surface area contributed by atoms with Gasteiger partial charge in [0.25, 0.3) is 0 Å². The smallest absolute Gasteiger partial charge is 0.230 e. The van der Waals surface area contributed by atoms with Crippen LogP contribution >= 0.6 is 0 Å². The van der Waals surface area contributed by atoms with E-state index in [1.807, 2.05) is 34.0 Å². The van der Waals surface area contributed by atoms with Crippen LogP contribution in [0.2, 0.25) is 0 Å². The Morgan fingerprint density at radius 1 is 1.10 bits per heavy atom. The van der Waals surface area contributed by atoms with Gasteiger partial charge >= 0.3 is 0 Å². The minimum atomic E-state index is -0.389. The third-order valence-electron chi connectivity index (χ3n) is 8.18. The summed E-state index contributed by atoms with van der Waals surface area (Å²) in [6.45, 7) is 2.81. The number of likely N-dealkylation sites (tertiary alicyclic amines) is 1. The van der Waals surface area contributed by atoms with E-state index in [9.17, 15) is 14.9 Å². The summed E-state index contributed by atoms with van der Waals surface area (Å²) in [4.78, 5) is 34.2. The van der Waals surface area contributed by atoms with Gasteiger partial charge in [-0.2, -0.15) is 15.3 Å². The zero-order valence-corrected chi connectivity index (χ0v) is 21.8. The molecule has 0 saturated carbocycles. The molecule has 11 heteroatoms. The third-order valence-corrected chi connectivity index (χ3v) is 8.18. The van der Waals surface area contributed by atoms with Gasteiger partial charge < -0.3 is 19.1 Å². The summed E-state index contributed by atoms with van der Waals surface area (Å²) < 4.78 is 13.0. The van der Waals surface area contributed by atoms with Gasteiger partial charge in [0.2, 0.25) is 23.5 Å². The van der Waals surface area contributed by atoms with Crippen molar-refractivity contribution in [3.8, 4) is 17.5 Å². The van der Waals surface area contributed by atoms with E-state index in [0.717, 1.165) is 29.3 Å². The van der Waals surface area contributed by atoms with Crippen LogP contribution in [0, 0.1) is 17.2 Å². The molecule has 3 aliphatic heterocycles. The van der Waals surface area contributed by atoms with E-state index in [-0.39, 0.29) is 36.1 Å². The molecule has 0 aliphatic carbocycles. The molecule has 3 fully saturated rings. The van der Waals surface area contributed by atoms with E-state index in [1.54, 1.807) is 29.2 Å². The van der Waals surface area contributed by atoms with Gasteiger partial charge in [-0.15, -0.1) is 0 Å². The number of nitriles is 1. The highest BCUT2D eigenvalue weighted by Gasteiger charge is 2.38. The summed E-state index contributed by atoms with van der Waals surface area (Å²) in [5, 5.41) is 19.0. The van der Waals surface area contributed by atoms with Crippen LogP contribution in [-0.2, 0) is 14.3 Å². The number of rotatable bonds is 5. The summed E-state index contributed by atoms with van der Waals surface area (Å²) in [6.07, 6.45) is 3.48. The number of nitrogens with zero attached hydrogens (tertiary/aromatic N) is 7. The van der Waals surface area contributed by atoms with Gasteiger partial charge in [-0.05, 0) is 37.1 Å². The Labute approximate surface area is 229 Å². The van der Waals surface area contributed by atoms with Crippen molar-refractivity contribution in [2.45, 2.75) is 31.2 Å². The van der Waals surface area contributed by atoms with Crippen molar-refractivity contribution in [3.63, 3.8) is 0 Å². The molecule has 0 radical (unpaired) electrons. The van der Waals surface area contributed by atoms with Crippen molar-refractivity contribution in [2.75, 3.05) is 37.7 Å². The maximum absolute atomic E-state index is 13.3. The van der Waals surface area contributed by atoms with Crippen LogP contribution in [0.3, 0.4) is 0 Å². The van der Waals surface area contributed by atoms with Crippen LogP contribution in [0.25, 0.3) is 22.3 Å². The molecule has 40 heavy (non-hydrogen) atoms. The van der Waals surface area contributed by atoms with Crippen molar-refractivity contribution < 1.29 is 18.8 Å². The van der Waals surface area contributed by atoms with Crippen molar-refractivity contribution in [1.29, 1.82) is 5.26 Å². The van der Waals surface area contributed by atoms with Gasteiger partial charge in [0, 0.05) is 48.6 Å². The molecule has 11 nitrogen and oxygen atoms in total. The predicted molar refractivity (Wildman–Crippen MR) is 143 cm³/mol. The monoisotopic (exact) mass is 537 g/mol. The Morgan fingerprint density at radius 2 is 1.95 bits per heavy atom. The predicted octanol–water partition coefficient (Wildman–Crippen LogP) is 3.29. The zero-order valence-electron chi connectivity index (χ0n) is 21.8. The second kappa shape index (κ2) is 9.88. The molecule has 202 valence electrons. The van der Waals surface area contributed by atoms with Gasteiger partial charge in [0.15, 0.2) is 0 Å². The fraction of sp³-hybridized carbons (Fsp3) is 0.379. The van der Waals surface area contributed by atoms with Gasteiger partial charge in [-0.25, -0.2) is 0 Å². The number of amides is 2. The molecular weight excluding hydrogens is 510 g/mol. The molecule has 0 bridgehead atoms. The molecular formula is C29H27N7O4. The summed E-state index contributed by atoms with van der Waals surface area (Å²) in [5.74, 6) is 0.713. The molecule has 2 aromatic carbocycles. The molecule has 4 aromatic rings. The lowest BCUT2D eigenvalue weighted by molar-refractivity contribution is -0.136. The quantitative estimate of drug-likeness (QED) is 0.379. The van der Waals surface area contributed by atoms with Gasteiger partial charge in [0.05, 0.1) is 48.5 Å². The Balaban J connectivity index is 0.990. The highest BCUT2D eigenvalue weighted by molar-refractivity contribution is 6.00. The van der Waals surface area contributed by atoms with Crippen LogP contribution in [0.4, 0.5) is 5.69 Å². The molecule has 0 spiro atoms. The van der Waals surface area contributed by atoms with Crippen molar-refractivity contribution in [3.05, 3.63) is 60.1 Å². The molecule has 3 saturated heterocycles. The number of anilines is 1. The standard InChI is InChI=1S/C29H27N7O4/c30-13-18-2-1-3-23(10-18)35-15-22(12-26(35)37)29(38)34-8-6-19(7-9-34)28-32-27(33-40-28)20-4-5-21-14-31-36(25(21)11-20)24-16-39-17-24/h1-5,10-11,14,19,22,24H,6-9,12,15-17H2. The number of aromatic nitrogens is 4. The highest BCUT2D eigenvalue weighted by atomic mass is 16.5. The number of benzene rings is 2. The van der Waals surface area contributed by atoms with Crippen molar-refractivity contribution >= 4 is 28.4 Å². The molecule has 2 aromatic heterocycles. The van der Waals surface area contributed by atoms with Gasteiger partial charge in [0.1, 0.15) is 0 Å². The number of fused-ring (bicyclic) bond motifs is 1. The highest BCUT2D eigenvalue weighted by Crippen LogP contribution is 2.33. The molecule has 0 N–H and O–H groups in total. The van der Waals surface area contributed by atoms with E-state index in [2.05, 4.69) is 16.3 Å². The minimum absolute atomic E-state index is 0.00117. The average molecular weight is 538 g/mol. The normalized spacial score (nSPS) is 20.2. The van der Waals surface area contributed by atoms with E-state index < -0.39 is 0 Å². The Morgan fingerprint density at radius 3 is 2.73 bits per heavy atom. The lowest BCUT2D eigenvalue weighted by atomic mass is 9.95. The van der Waals surface area contributed by atoms with Crippen molar-refractivity contribution in [2.24, 2.45) is 5.92 Å². The first-order chi connectivity index (χ1) is 19.6. The zero-order chi connectivity index (χ0) is 27.2. The number of carbonyl (C=O) groups excluding carboxylic acids is 2. The molecule has 5 heterocycles. The first-order valence-corrected chi connectivity index (χ1v) is 13.6. The van der Waals surface area contributed by atoms with Crippen LogP contribution in [0.15, 0.2) is 53.2 Å².